The molecule has 0 unspecified atom stereocenters. The number of alkyl halides is 2. The van der Waals surface area contributed by atoms with Gasteiger partial charge in [-0.05, 0) is 89.3 Å². The molecule has 0 aromatic carbocycles. The molecule has 6 heteroatoms. The van der Waals surface area contributed by atoms with Crippen molar-refractivity contribution in [3.63, 3.8) is 0 Å². The van der Waals surface area contributed by atoms with Gasteiger partial charge in [0.2, 0.25) is 11.8 Å². The fraction of sp³-hybridized carbons (Fsp3) is 0.885. The number of unbranched alkanes of at least 4 members (excludes halogenated alkanes) is 1. The predicted octanol–water partition coefficient (Wildman–Crippen LogP) is 4.60. The first kappa shape index (κ1) is 22.8. The molecule has 5 aliphatic rings. The fourth-order valence-corrected chi connectivity index (χ4v) is 7.43. The van der Waals surface area contributed by atoms with Crippen molar-refractivity contribution in [3.8, 4) is 0 Å². The standard InChI is InChI=1S/C26H41F2N3O/c27-26(28)10-8-19(9-11-26)25(32)29-12-2-4-13-30-15-5-6-20-16-21-17-22(24(20)30)18-31-14-3-1-7-23(21)31/h16,19,21-24H,1-15,17-18H2,(H,29,32)/t21-,22+,23+,24+/m0/s1. The SMILES string of the molecule is O=C(NCCCCN1CCCC2=C[C@H]3C[C@H](CN4CCCC[C@H]34)[C@@H]21)C1CCC(F)(F)CC1. The van der Waals surface area contributed by atoms with Gasteiger partial charge in [-0.15, -0.1) is 0 Å². The van der Waals surface area contributed by atoms with Gasteiger partial charge in [-0.2, -0.15) is 0 Å². The van der Waals surface area contributed by atoms with Crippen LogP contribution in [-0.4, -0.2) is 66.4 Å². The van der Waals surface area contributed by atoms with Crippen molar-refractivity contribution in [2.45, 2.75) is 95.1 Å². The first-order valence-corrected chi connectivity index (χ1v) is 13.3. The van der Waals surface area contributed by atoms with E-state index < -0.39 is 5.92 Å². The Bertz CT molecular complexity index is 701. The third-order valence-corrected chi connectivity index (χ3v) is 9.02. The summed E-state index contributed by atoms with van der Waals surface area (Å²) in [6.07, 6.45) is 13.2. The van der Waals surface area contributed by atoms with Crippen LogP contribution in [0.15, 0.2) is 11.6 Å². The van der Waals surface area contributed by atoms with Crippen molar-refractivity contribution in [1.82, 2.24) is 15.1 Å². The molecule has 1 amide bonds. The maximum atomic E-state index is 13.3. The number of halogens is 2. The van der Waals surface area contributed by atoms with E-state index in [9.17, 15) is 13.6 Å². The second-order valence-electron chi connectivity index (χ2n) is 11.2. The summed E-state index contributed by atoms with van der Waals surface area (Å²) in [7, 11) is 0. The number of nitrogens with zero attached hydrogens (tertiary/aromatic N) is 2. The Morgan fingerprint density at radius 1 is 1.09 bits per heavy atom. The third kappa shape index (κ3) is 4.91. The van der Waals surface area contributed by atoms with Crippen molar-refractivity contribution < 1.29 is 13.6 Å². The molecule has 0 aromatic heterocycles. The molecule has 4 nitrogen and oxygen atoms in total. The van der Waals surface area contributed by atoms with Crippen LogP contribution in [0.4, 0.5) is 8.78 Å². The molecule has 32 heavy (non-hydrogen) atoms. The van der Waals surface area contributed by atoms with E-state index in [1.807, 2.05) is 0 Å². The minimum Gasteiger partial charge on any atom is -0.356 e. The summed E-state index contributed by atoms with van der Waals surface area (Å²) in [6, 6.07) is 1.45. The zero-order valence-corrected chi connectivity index (χ0v) is 19.5. The highest BCUT2D eigenvalue weighted by Crippen LogP contribution is 2.45. The van der Waals surface area contributed by atoms with Crippen LogP contribution in [0.5, 0.6) is 0 Å². The molecule has 2 aliphatic carbocycles. The molecule has 4 fully saturated rings. The molecule has 180 valence electrons. The number of amides is 1. The van der Waals surface area contributed by atoms with Crippen molar-refractivity contribution in [3.05, 3.63) is 11.6 Å². The zero-order valence-electron chi connectivity index (χ0n) is 19.5. The Morgan fingerprint density at radius 3 is 2.78 bits per heavy atom. The lowest BCUT2D eigenvalue weighted by atomic mass is 9.68. The molecule has 1 saturated carbocycles. The molecule has 2 bridgehead atoms. The van der Waals surface area contributed by atoms with Crippen LogP contribution in [0.2, 0.25) is 0 Å². The maximum Gasteiger partial charge on any atom is 0.248 e. The van der Waals surface area contributed by atoms with Crippen LogP contribution in [0.1, 0.15) is 77.0 Å². The summed E-state index contributed by atoms with van der Waals surface area (Å²) in [5.41, 5.74) is 1.73. The third-order valence-electron chi connectivity index (χ3n) is 9.02. The molecule has 0 radical (unpaired) electrons. The molecule has 0 spiro atoms. The smallest absolute Gasteiger partial charge is 0.248 e. The van der Waals surface area contributed by atoms with E-state index in [4.69, 9.17) is 0 Å². The van der Waals surface area contributed by atoms with Crippen molar-refractivity contribution in [2.24, 2.45) is 17.8 Å². The average Bonchev–Trinajstić information content (AvgIpc) is 2.78. The molecule has 3 heterocycles. The lowest BCUT2D eigenvalue weighted by molar-refractivity contribution is -0.129. The van der Waals surface area contributed by atoms with Crippen LogP contribution >= 0.6 is 0 Å². The summed E-state index contributed by atoms with van der Waals surface area (Å²) in [5.74, 6) is -1.22. The molecule has 5 rings (SSSR count). The Balaban J connectivity index is 1.08. The Morgan fingerprint density at radius 2 is 1.94 bits per heavy atom. The van der Waals surface area contributed by atoms with Gasteiger partial charge < -0.3 is 5.32 Å². The van der Waals surface area contributed by atoms with E-state index in [1.165, 1.54) is 58.2 Å². The normalized spacial score (nSPS) is 35.5. The largest absolute Gasteiger partial charge is 0.356 e. The zero-order chi connectivity index (χ0) is 22.1. The van der Waals surface area contributed by atoms with Crippen LogP contribution in [-0.2, 0) is 4.79 Å². The summed E-state index contributed by atoms with van der Waals surface area (Å²) in [6.45, 7) is 5.57. The first-order chi connectivity index (χ1) is 15.5. The number of carbonyl (C=O) groups is 1. The number of hydrogen-bond acceptors (Lipinski definition) is 3. The second kappa shape index (κ2) is 9.69. The van der Waals surface area contributed by atoms with Gasteiger partial charge in [0.1, 0.15) is 0 Å². The number of rotatable bonds is 6. The number of hydrogen-bond donors (Lipinski definition) is 1. The quantitative estimate of drug-likeness (QED) is 0.475. The van der Waals surface area contributed by atoms with Gasteiger partial charge in [0.15, 0.2) is 0 Å². The number of likely N-dealkylation sites (tertiary alicyclic amines) is 1. The Kier molecular flexibility index (Phi) is 6.90. The lowest BCUT2D eigenvalue weighted by Crippen LogP contribution is -2.59. The maximum absolute atomic E-state index is 13.3. The van der Waals surface area contributed by atoms with Crippen LogP contribution in [0, 0.1) is 17.8 Å². The van der Waals surface area contributed by atoms with Crippen molar-refractivity contribution >= 4 is 5.91 Å². The number of nitrogens with one attached hydrogen (secondary N) is 1. The van der Waals surface area contributed by atoms with Crippen molar-refractivity contribution in [2.75, 3.05) is 32.7 Å². The average molecular weight is 450 g/mol. The highest BCUT2D eigenvalue weighted by atomic mass is 19.3. The molecular formula is C26H41F2N3O. The number of carbonyl (C=O) groups excluding carboxylic acids is 1. The molecule has 1 N–H and O–H groups in total. The number of piperidine rings is 3. The predicted molar refractivity (Wildman–Crippen MR) is 123 cm³/mol. The van der Waals surface area contributed by atoms with E-state index in [0.717, 1.165) is 37.3 Å². The van der Waals surface area contributed by atoms with Crippen LogP contribution < -0.4 is 5.32 Å². The Hall–Kier alpha value is -1.01. The fourth-order valence-electron chi connectivity index (χ4n) is 7.43. The van der Waals surface area contributed by atoms with E-state index >= 15 is 0 Å². The summed E-state index contributed by atoms with van der Waals surface area (Å²) < 4.78 is 26.6. The topological polar surface area (TPSA) is 35.6 Å². The van der Waals surface area contributed by atoms with Gasteiger partial charge in [0.25, 0.3) is 0 Å². The second-order valence-corrected chi connectivity index (χ2v) is 11.2. The minimum absolute atomic E-state index is 0.0136. The summed E-state index contributed by atoms with van der Waals surface area (Å²) in [4.78, 5) is 17.9. The monoisotopic (exact) mass is 449 g/mol. The molecule has 4 atom stereocenters. The van der Waals surface area contributed by atoms with Crippen LogP contribution in [0.3, 0.4) is 0 Å². The Labute approximate surface area is 192 Å². The van der Waals surface area contributed by atoms with E-state index in [1.54, 1.807) is 5.57 Å². The lowest BCUT2D eigenvalue weighted by Gasteiger charge is -2.55. The minimum atomic E-state index is -2.56. The van der Waals surface area contributed by atoms with E-state index in [0.29, 0.717) is 25.4 Å². The van der Waals surface area contributed by atoms with Gasteiger partial charge in [-0.1, -0.05) is 18.1 Å². The van der Waals surface area contributed by atoms with Gasteiger partial charge in [0, 0.05) is 43.9 Å². The van der Waals surface area contributed by atoms with Gasteiger partial charge in [0.05, 0.1) is 0 Å². The van der Waals surface area contributed by atoms with Gasteiger partial charge >= 0.3 is 0 Å². The summed E-state index contributed by atoms with van der Waals surface area (Å²) >= 11 is 0. The molecule has 3 aliphatic heterocycles. The van der Waals surface area contributed by atoms with Crippen LogP contribution in [0.25, 0.3) is 0 Å². The molecular weight excluding hydrogens is 408 g/mol. The van der Waals surface area contributed by atoms with Gasteiger partial charge in [-0.3, -0.25) is 14.6 Å². The molecule has 3 saturated heterocycles. The highest BCUT2D eigenvalue weighted by molar-refractivity contribution is 5.78. The van der Waals surface area contributed by atoms with Crippen molar-refractivity contribution in [1.29, 1.82) is 0 Å². The highest BCUT2D eigenvalue weighted by Gasteiger charge is 2.45. The molecule has 0 aromatic rings. The van der Waals surface area contributed by atoms with Gasteiger partial charge in [-0.25, -0.2) is 8.78 Å². The van der Waals surface area contributed by atoms with E-state index in [-0.39, 0.29) is 24.7 Å². The number of fused-ring (bicyclic) bond motifs is 6. The first-order valence-electron chi connectivity index (χ1n) is 13.3. The summed E-state index contributed by atoms with van der Waals surface area (Å²) in [5, 5.41) is 3.02. The van der Waals surface area contributed by atoms with E-state index in [2.05, 4.69) is 21.2 Å².